The van der Waals surface area contributed by atoms with Gasteiger partial charge in [0.25, 0.3) is 0 Å². The van der Waals surface area contributed by atoms with E-state index >= 15 is 0 Å². The number of hydrogen-bond acceptors (Lipinski definition) is 9. The van der Waals surface area contributed by atoms with Crippen molar-refractivity contribution in [1.29, 1.82) is 0 Å². The van der Waals surface area contributed by atoms with E-state index in [2.05, 4.69) is 35.0 Å². The van der Waals surface area contributed by atoms with E-state index in [0.717, 1.165) is 70.6 Å². The standard InChI is InChI=1S/C18H20ClN5O.C14H11ClN4O/c19-18-4-3-16-17(22-18)7-13(8-20-16)14-9-21-24(10-14)12-15(25)11-23-5-1-2-6-23;15-14-2-1-12-13(18-14)3-9(4-16-12)10-5-17-19(6-10)7-11-8-20-11/h3-4,7-10,15,25H,1-2,5-6,11-12H2;1-6,11H,7-8H2. The Morgan fingerprint density at radius 3 is 1.87 bits per heavy atom. The molecule has 8 heterocycles. The molecular weight excluding hydrogens is 613 g/mol. The third-order valence-electron chi connectivity index (χ3n) is 7.80. The topological polar surface area (TPSA) is 123 Å². The number of aliphatic hydroxyl groups excluding tert-OH is 1. The first-order valence-corrected chi connectivity index (χ1v) is 15.6. The number of nitrogens with zero attached hydrogens (tertiary/aromatic N) is 9. The fraction of sp³-hybridized carbons (Fsp3) is 0.312. The molecule has 2 aliphatic heterocycles. The van der Waals surface area contributed by atoms with Gasteiger partial charge in [0.15, 0.2) is 0 Å². The van der Waals surface area contributed by atoms with Gasteiger partial charge in [-0.25, -0.2) is 9.97 Å². The second-order valence-corrected chi connectivity index (χ2v) is 12.1. The molecule has 0 saturated carbocycles. The summed E-state index contributed by atoms with van der Waals surface area (Å²) in [6.07, 6.45) is 13.5. The van der Waals surface area contributed by atoms with Crippen LogP contribution in [0.4, 0.5) is 0 Å². The molecule has 2 atom stereocenters. The molecule has 6 aromatic heterocycles. The molecule has 2 aliphatic rings. The second kappa shape index (κ2) is 13.2. The highest BCUT2D eigenvalue weighted by Gasteiger charge is 2.23. The summed E-state index contributed by atoms with van der Waals surface area (Å²) in [5.41, 5.74) is 7.06. The molecule has 0 amide bonds. The summed E-state index contributed by atoms with van der Waals surface area (Å²) >= 11 is 11.9. The van der Waals surface area contributed by atoms with Crippen LogP contribution in [0.5, 0.6) is 0 Å². The number of rotatable bonds is 8. The van der Waals surface area contributed by atoms with E-state index in [-0.39, 0.29) is 0 Å². The number of β-amino-alcohol motifs (C(OH)–C–C–N with tert-alkyl or cyclic N) is 1. The Labute approximate surface area is 269 Å². The average Bonchev–Trinajstić information content (AvgIpc) is 3.38. The molecule has 45 heavy (non-hydrogen) atoms. The van der Waals surface area contributed by atoms with Crippen molar-refractivity contribution >= 4 is 45.3 Å². The molecule has 6 aromatic rings. The van der Waals surface area contributed by atoms with Crippen LogP contribution in [-0.2, 0) is 17.8 Å². The van der Waals surface area contributed by atoms with Crippen molar-refractivity contribution in [3.05, 3.63) is 83.9 Å². The number of pyridine rings is 4. The number of aliphatic hydroxyl groups is 1. The highest BCUT2D eigenvalue weighted by atomic mass is 35.5. The number of halogens is 2. The summed E-state index contributed by atoms with van der Waals surface area (Å²) < 4.78 is 8.88. The van der Waals surface area contributed by atoms with Gasteiger partial charge in [-0.15, -0.1) is 0 Å². The summed E-state index contributed by atoms with van der Waals surface area (Å²) in [7, 11) is 0. The van der Waals surface area contributed by atoms with Crippen molar-refractivity contribution in [1.82, 2.24) is 44.4 Å². The Morgan fingerprint density at radius 1 is 0.733 bits per heavy atom. The van der Waals surface area contributed by atoms with Gasteiger partial charge in [0, 0.05) is 53.6 Å². The molecule has 11 nitrogen and oxygen atoms in total. The van der Waals surface area contributed by atoms with Gasteiger partial charge < -0.3 is 14.7 Å². The molecule has 0 aromatic carbocycles. The first kappa shape index (κ1) is 29.7. The summed E-state index contributed by atoms with van der Waals surface area (Å²) in [6, 6.07) is 11.1. The summed E-state index contributed by atoms with van der Waals surface area (Å²) in [6.45, 7) is 4.98. The van der Waals surface area contributed by atoms with Gasteiger partial charge in [-0.3, -0.25) is 19.3 Å². The molecule has 2 unspecified atom stereocenters. The van der Waals surface area contributed by atoms with E-state index < -0.39 is 6.10 Å². The zero-order valence-electron chi connectivity index (χ0n) is 24.4. The van der Waals surface area contributed by atoms with Gasteiger partial charge in [0.1, 0.15) is 16.4 Å². The van der Waals surface area contributed by atoms with Gasteiger partial charge in [-0.2, -0.15) is 10.2 Å². The zero-order chi connectivity index (χ0) is 30.8. The van der Waals surface area contributed by atoms with Crippen LogP contribution in [0.25, 0.3) is 44.3 Å². The Bertz CT molecular complexity index is 1940. The largest absolute Gasteiger partial charge is 0.390 e. The average molecular weight is 645 g/mol. The molecule has 0 spiro atoms. The smallest absolute Gasteiger partial charge is 0.129 e. The first-order chi connectivity index (χ1) is 21.9. The quantitative estimate of drug-likeness (QED) is 0.177. The van der Waals surface area contributed by atoms with E-state index in [0.29, 0.717) is 29.5 Å². The maximum Gasteiger partial charge on any atom is 0.129 e. The number of ether oxygens (including phenoxy) is 1. The molecule has 13 heteroatoms. The van der Waals surface area contributed by atoms with Gasteiger partial charge in [0.2, 0.25) is 0 Å². The Balaban J connectivity index is 0.000000148. The van der Waals surface area contributed by atoms with E-state index in [9.17, 15) is 5.11 Å². The fourth-order valence-corrected chi connectivity index (χ4v) is 5.73. The fourth-order valence-electron chi connectivity index (χ4n) is 5.42. The molecule has 0 bridgehead atoms. The monoisotopic (exact) mass is 643 g/mol. The van der Waals surface area contributed by atoms with E-state index in [1.54, 1.807) is 29.2 Å². The van der Waals surface area contributed by atoms with Crippen LogP contribution in [0, 0.1) is 0 Å². The van der Waals surface area contributed by atoms with Crippen LogP contribution in [-0.4, -0.2) is 88.0 Å². The normalized spacial score (nSPS) is 17.0. The summed E-state index contributed by atoms with van der Waals surface area (Å²) in [5.74, 6) is 0. The predicted molar refractivity (Wildman–Crippen MR) is 173 cm³/mol. The third kappa shape index (κ3) is 7.46. The zero-order valence-corrected chi connectivity index (χ0v) is 25.9. The van der Waals surface area contributed by atoms with Gasteiger partial charge in [0.05, 0.1) is 60.3 Å². The Kier molecular flexibility index (Phi) is 8.68. The molecule has 2 saturated heterocycles. The maximum atomic E-state index is 10.3. The van der Waals surface area contributed by atoms with E-state index in [4.69, 9.17) is 27.9 Å². The highest BCUT2D eigenvalue weighted by molar-refractivity contribution is 6.30. The Morgan fingerprint density at radius 2 is 1.29 bits per heavy atom. The van der Waals surface area contributed by atoms with Crippen LogP contribution in [0.1, 0.15) is 12.8 Å². The Hall–Kier alpha value is -4.00. The lowest BCUT2D eigenvalue weighted by Gasteiger charge is -2.19. The van der Waals surface area contributed by atoms with Gasteiger partial charge in [-0.05, 0) is 62.3 Å². The predicted octanol–water partition coefficient (Wildman–Crippen LogP) is 5.15. The summed E-state index contributed by atoms with van der Waals surface area (Å²) in [4.78, 5) is 19.7. The minimum absolute atomic E-state index is 0.318. The lowest BCUT2D eigenvalue weighted by molar-refractivity contribution is 0.106. The molecule has 2 fully saturated rings. The molecule has 230 valence electrons. The van der Waals surface area contributed by atoms with Crippen molar-refractivity contribution in [2.24, 2.45) is 0 Å². The van der Waals surface area contributed by atoms with Crippen LogP contribution < -0.4 is 0 Å². The number of epoxide rings is 1. The van der Waals surface area contributed by atoms with Crippen molar-refractivity contribution < 1.29 is 9.84 Å². The van der Waals surface area contributed by atoms with E-state index in [1.807, 2.05) is 53.7 Å². The number of hydrogen-bond donors (Lipinski definition) is 1. The molecule has 0 radical (unpaired) electrons. The summed E-state index contributed by atoms with van der Waals surface area (Å²) in [5, 5.41) is 19.9. The van der Waals surface area contributed by atoms with Crippen molar-refractivity contribution in [2.45, 2.75) is 38.1 Å². The SMILES string of the molecule is Clc1ccc2ncc(-c3cnn(CC4CO4)c3)cc2n1.OC(CN1CCCC1)Cn1cc(-c2cnc3ccc(Cl)nc3c2)cn1. The number of likely N-dealkylation sites (tertiary alicyclic amines) is 1. The van der Waals surface area contributed by atoms with Crippen molar-refractivity contribution in [2.75, 3.05) is 26.2 Å². The lowest BCUT2D eigenvalue weighted by Crippen LogP contribution is -2.32. The second-order valence-electron chi connectivity index (χ2n) is 11.3. The minimum atomic E-state index is -0.416. The van der Waals surface area contributed by atoms with Crippen molar-refractivity contribution in [3.8, 4) is 22.3 Å². The first-order valence-electron chi connectivity index (χ1n) is 14.9. The highest BCUT2D eigenvalue weighted by Crippen LogP contribution is 2.24. The maximum absolute atomic E-state index is 10.3. The number of aromatic nitrogens is 8. The van der Waals surface area contributed by atoms with Crippen molar-refractivity contribution in [3.63, 3.8) is 0 Å². The molecule has 0 aliphatic carbocycles. The molecular formula is C32H31Cl2N9O2. The third-order valence-corrected chi connectivity index (χ3v) is 8.22. The number of fused-ring (bicyclic) bond motifs is 2. The van der Waals surface area contributed by atoms with Crippen LogP contribution in [0.3, 0.4) is 0 Å². The van der Waals surface area contributed by atoms with E-state index in [1.165, 1.54) is 12.8 Å². The van der Waals surface area contributed by atoms with Crippen LogP contribution >= 0.6 is 23.2 Å². The molecule has 1 N–H and O–H groups in total. The minimum Gasteiger partial charge on any atom is -0.390 e. The van der Waals surface area contributed by atoms with Gasteiger partial charge >= 0.3 is 0 Å². The molecule has 8 rings (SSSR count). The van der Waals surface area contributed by atoms with Gasteiger partial charge in [-0.1, -0.05) is 23.2 Å². The lowest BCUT2D eigenvalue weighted by atomic mass is 10.1. The van der Waals surface area contributed by atoms with Crippen LogP contribution in [0.2, 0.25) is 10.3 Å². The van der Waals surface area contributed by atoms with Crippen LogP contribution in [0.15, 0.2) is 73.6 Å².